The fraction of sp³-hybridized carbons (Fsp3) is 0.381. The molecule has 1 amide bonds. The lowest BCUT2D eigenvalue weighted by molar-refractivity contribution is 0.0730. The SMILES string of the molecule is CCN(CC)S(=O)(=O)c1ccc(Cl)c(C(=O)Nc2cc(S(=O)(=O)N3CCOCC3)ccc2Cl)c1. The fourth-order valence-corrected chi connectivity index (χ4v) is 6.73. The minimum atomic E-state index is -3.82. The Morgan fingerprint density at radius 2 is 1.56 bits per heavy atom. The molecule has 1 aliphatic heterocycles. The van der Waals surface area contributed by atoms with Crippen LogP contribution < -0.4 is 5.32 Å². The van der Waals surface area contributed by atoms with Crippen molar-refractivity contribution in [1.82, 2.24) is 8.61 Å². The summed E-state index contributed by atoms with van der Waals surface area (Å²) < 4.78 is 59.4. The van der Waals surface area contributed by atoms with Gasteiger partial charge in [0.05, 0.1) is 44.3 Å². The fourth-order valence-electron chi connectivity index (χ4n) is 3.44. The highest BCUT2D eigenvalue weighted by Crippen LogP contribution is 2.29. The molecule has 0 bridgehead atoms. The van der Waals surface area contributed by atoms with Gasteiger partial charge in [-0.3, -0.25) is 4.79 Å². The Balaban J connectivity index is 1.92. The molecule has 1 N–H and O–H groups in total. The van der Waals surface area contributed by atoms with Crippen molar-refractivity contribution in [3.05, 3.63) is 52.0 Å². The van der Waals surface area contributed by atoms with E-state index in [1.807, 2.05) is 0 Å². The Kier molecular flexibility index (Phi) is 8.61. The summed E-state index contributed by atoms with van der Waals surface area (Å²) in [4.78, 5) is 12.9. The predicted octanol–water partition coefficient (Wildman–Crippen LogP) is 3.30. The normalized spacial score (nSPS) is 15.4. The van der Waals surface area contributed by atoms with Crippen molar-refractivity contribution in [1.29, 1.82) is 0 Å². The number of hydrogen-bond donors (Lipinski definition) is 1. The molecule has 0 spiro atoms. The third kappa shape index (κ3) is 5.56. The average Bonchev–Trinajstić information content (AvgIpc) is 2.81. The van der Waals surface area contributed by atoms with E-state index in [2.05, 4.69) is 5.32 Å². The molecule has 34 heavy (non-hydrogen) atoms. The number of hydrogen-bond acceptors (Lipinski definition) is 6. The van der Waals surface area contributed by atoms with Gasteiger partial charge in [0, 0.05) is 26.2 Å². The van der Waals surface area contributed by atoms with E-state index in [1.54, 1.807) is 13.8 Å². The molecule has 2 aromatic carbocycles. The number of ether oxygens (including phenoxy) is 1. The van der Waals surface area contributed by atoms with Gasteiger partial charge < -0.3 is 10.1 Å². The van der Waals surface area contributed by atoms with Crippen LogP contribution in [0.3, 0.4) is 0 Å². The zero-order valence-electron chi connectivity index (χ0n) is 18.6. The van der Waals surface area contributed by atoms with E-state index < -0.39 is 26.0 Å². The van der Waals surface area contributed by atoms with Gasteiger partial charge in [-0.15, -0.1) is 0 Å². The van der Waals surface area contributed by atoms with Crippen LogP contribution in [0.5, 0.6) is 0 Å². The Labute approximate surface area is 209 Å². The molecule has 0 unspecified atom stereocenters. The first-order chi connectivity index (χ1) is 16.0. The summed E-state index contributed by atoms with van der Waals surface area (Å²) in [6.45, 7) is 4.98. The number of nitrogens with zero attached hydrogens (tertiary/aromatic N) is 2. The zero-order valence-corrected chi connectivity index (χ0v) is 21.8. The van der Waals surface area contributed by atoms with Gasteiger partial charge in [-0.05, 0) is 36.4 Å². The van der Waals surface area contributed by atoms with Crippen molar-refractivity contribution >= 4 is 54.8 Å². The van der Waals surface area contributed by atoms with Crippen LogP contribution >= 0.6 is 23.2 Å². The molecule has 1 fully saturated rings. The van der Waals surface area contributed by atoms with Gasteiger partial charge in [-0.25, -0.2) is 16.8 Å². The Hall–Kier alpha value is -1.73. The van der Waals surface area contributed by atoms with Gasteiger partial charge in [0.2, 0.25) is 20.0 Å². The Morgan fingerprint density at radius 3 is 2.18 bits per heavy atom. The van der Waals surface area contributed by atoms with E-state index in [0.29, 0.717) is 13.2 Å². The molecule has 3 rings (SSSR count). The Bertz CT molecular complexity index is 1280. The van der Waals surface area contributed by atoms with Crippen molar-refractivity contribution < 1.29 is 26.4 Å². The maximum Gasteiger partial charge on any atom is 0.257 e. The molecule has 2 aromatic rings. The maximum absolute atomic E-state index is 13.0. The molecule has 9 nitrogen and oxygen atoms in total. The summed E-state index contributed by atoms with van der Waals surface area (Å²) in [5.41, 5.74) is -0.0403. The summed E-state index contributed by atoms with van der Waals surface area (Å²) in [7, 11) is -7.64. The molecule has 0 radical (unpaired) electrons. The number of amides is 1. The minimum Gasteiger partial charge on any atom is -0.379 e. The second kappa shape index (κ2) is 10.9. The van der Waals surface area contributed by atoms with Crippen LogP contribution in [0.1, 0.15) is 24.2 Å². The van der Waals surface area contributed by atoms with E-state index in [4.69, 9.17) is 27.9 Å². The van der Waals surface area contributed by atoms with Crippen molar-refractivity contribution in [2.75, 3.05) is 44.7 Å². The van der Waals surface area contributed by atoms with Gasteiger partial charge in [-0.1, -0.05) is 37.0 Å². The molecule has 1 heterocycles. The molecular weight excluding hydrogens is 525 g/mol. The number of carbonyl (C=O) groups excluding carboxylic acids is 1. The highest BCUT2D eigenvalue weighted by molar-refractivity contribution is 7.89. The van der Waals surface area contributed by atoms with E-state index in [1.165, 1.54) is 45.0 Å². The summed E-state index contributed by atoms with van der Waals surface area (Å²) in [5, 5.41) is 2.69. The van der Waals surface area contributed by atoms with Crippen LogP contribution in [-0.2, 0) is 24.8 Å². The third-order valence-corrected chi connectivity index (χ3v) is 9.92. The number of benzene rings is 2. The van der Waals surface area contributed by atoms with E-state index in [9.17, 15) is 21.6 Å². The van der Waals surface area contributed by atoms with Crippen molar-refractivity contribution in [3.8, 4) is 0 Å². The highest BCUT2D eigenvalue weighted by atomic mass is 35.5. The van der Waals surface area contributed by atoms with Crippen LogP contribution in [0.2, 0.25) is 10.0 Å². The lowest BCUT2D eigenvalue weighted by atomic mass is 10.2. The second-order valence-electron chi connectivity index (χ2n) is 7.34. The van der Waals surface area contributed by atoms with Gasteiger partial charge in [0.15, 0.2) is 0 Å². The van der Waals surface area contributed by atoms with Crippen LogP contribution in [0.25, 0.3) is 0 Å². The lowest BCUT2D eigenvalue weighted by Crippen LogP contribution is -2.40. The third-order valence-electron chi connectivity index (χ3n) is 5.32. The molecule has 1 saturated heterocycles. The maximum atomic E-state index is 13.0. The first-order valence-electron chi connectivity index (χ1n) is 10.5. The van der Waals surface area contributed by atoms with Gasteiger partial charge >= 0.3 is 0 Å². The van der Waals surface area contributed by atoms with Crippen molar-refractivity contribution in [2.24, 2.45) is 0 Å². The number of halogens is 2. The molecule has 13 heteroatoms. The molecule has 0 atom stereocenters. The number of anilines is 1. The topological polar surface area (TPSA) is 113 Å². The quantitative estimate of drug-likeness (QED) is 0.540. The lowest BCUT2D eigenvalue weighted by Gasteiger charge is -2.26. The van der Waals surface area contributed by atoms with Crippen LogP contribution in [0, 0.1) is 0 Å². The number of carbonyl (C=O) groups is 1. The smallest absolute Gasteiger partial charge is 0.257 e. The van der Waals surface area contributed by atoms with Gasteiger partial charge in [0.1, 0.15) is 0 Å². The average molecular weight is 550 g/mol. The van der Waals surface area contributed by atoms with E-state index in [0.717, 1.165) is 0 Å². The van der Waals surface area contributed by atoms with Crippen molar-refractivity contribution in [2.45, 2.75) is 23.6 Å². The first-order valence-corrected chi connectivity index (χ1v) is 14.1. The number of morpholine rings is 1. The summed E-state index contributed by atoms with van der Waals surface area (Å²) in [6.07, 6.45) is 0. The van der Waals surface area contributed by atoms with Crippen LogP contribution in [-0.4, -0.2) is 70.7 Å². The summed E-state index contributed by atoms with van der Waals surface area (Å²) >= 11 is 12.4. The molecule has 186 valence electrons. The predicted molar refractivity (Wildman–Crippen MR) is 131 cm³/mol. The van der Waals surface area contributed by atoms with Gasteiger partial charge in [0.25, 0.3) is 5.91 Å². The summed E-state index contributed by atoms with van der Waals surface area (Å²) in [6, 6.07) is 7.83. The molecule has 0 saturated carbocycles. The zero-order chi connectivity index (χ0) is 25.1. The molecule has 0 aromatic heterocycles. The monoisotopic (exact) mass is 549 g/mol. The highest BCUT2D eigenvalue weighted by Gasteiger charge is 2.28. The van der Waals surface area contributed by atoms with Gasteiger partial charge in [-0.2, -0.15) is 8.61 Å². The number of sulfonamides is 2. The summed E-state index contributed by atoms with van der Waals surface area (Å²) in [5.74, 6) is -0.732. The first kappa shape index (κ1) is 26.9. The van der Waals surface area contributed by atoms with Crippen LogP contribution in [0.15, 0.2) is 46.2 Å². The Morgan fingerprint density at radius 1 is 0.971 bits per heavy atom. The molecular formula is C21H25Cl2N3O6S2. The standard InChI is InChI=1S/C21H25Cl2N3O6S2/c1-3-25(4-2)33(28,29)15-5-7-18(22)17(13-15)21(27)24-20-14-16(6-8-19(20)23)34(30,31)26-9-11-32-12-10-26/h5-8,13-14H,3-4,9-12H2,1-2H3,(H,24,27). The second-order valence-corrected chi connectivity index (χ2v) is 12.0. The largest absolute Gasteiger partial charge is 0.379 e. The minimum absolute atomic E-state index is 0.0317. The molecule has 1 aliphatic rings. The molecule has 0 aliphatic carbocycles. The van der Waals surface area contributed by atoms with E-state index in [-0.39, 0.29) is 57.3 Å². The van der Waals surface area contributed by atoms with E-state index >= 15 is 0 Å². The van der Waals surface area contributed by atoms with Crippen molar-refractivity contribution in [3.63, 3.8) is 0 Å². The van der Waals surface area contributed by atoms with Crippen LogP contribution in [0.4, 0.5) is 5.69 Å². The number of rotatable bonds is 8. The number of nitrogens with one attached hydrogen (secondary N) is 1.